The van der Waals surface area contributed by atoms with E-state index in [-0.39, 0.29) is 12.2 Å². The summed E-state index contributed by atoms with van der Waals surface area (Å²) in [5.74, 6) is 0.792. The number of amides is 1. The summed E-state index contributed by atoms with van der Waals surface area (Å²) in [6.45, 7) is 2.51. The topological polar surface area (TPSA) is 85.6 Å². The molecule has 0 bridgehead atoms. The molecular weight excluding hydrogens is 330 g/mol. The van der Waals surface area contributed by atoms with Gasteiger partial charge in [0.25, 0.3) is 0 Å². The Kier molecular flexibility index (Phi) is 5.81. The summed E-state index contributed by atoms with van der Waals surface area (Å²) in [6, 6.07) is 4.34. The maximum atomic E-state index is 11.0. The molecule has 1 heterocycles. The van der Waals surface area contributed by atoms with E-state index >= 15 is 0 Å². The molecule has 1 fully saturated rings. The molecule has 2 aliphatic rings. The highest BCUT2D eigenvalue weighted by atomic mass is 35.5. The van der Waals surface area contributed by atoms with E-state index < -0.39 is 0 Å². The van der Waals surface area contributed by atoms with E-state index in [0.29, 0.717) is 25.7 Å². The van der Waals surface area contributed by atoms with Gasteiger partial charge in [-0.3, -0.25) is 0 Å². The molecule has 1 saturated heterocycles. The van der Waals surface area contributed by atoms with Crippen LogP contribution in [0, 0.1) is 0 Å². The third kappa shape index (κ3) is 4.32. The minimum absolute atomic E-state index is 0.0109. The Morgan fingerprint density at radius 2 is 2.29 bits per heavy atom. The molecule has 0 saturated carbocycles. The van der Waals surface area contributed by atoms with E-state index in [1.165, 1.54) is 11.1 Å². The van der Waals surface area contributed by atoms with Gasteiger partial charge < -0.3 is 25.8 Å². The predicted octanol–water partition coefficient (Wildman–Crippen LogP) is 1.62. The molecule has 1 aromatic carbocycles. The van der Waals surface area contributed by atoms with Crippen molar-refractivity contribution in [2.45, 2.75) is 37.8 Å². The van der Waals surface area contributed by atoms with Crippen LogP contribution < -0.4 is 21.1 Å². The lowest BCUT2D eigenvalue weighted by molar-refractivity contribution is 0.134. The predicted molar refractivity (Wildman–Crippen MR) is 92.7 cm³/mol. The van der Waals surface area contributed by atoms with Crippen molar-refractivity contribution in [1.82, 2.24) is 10.6 Å². The van der Waals surface area contributed by atoms with E-state index in [1.54, 1.807) is 0 Å². The third-order valence-corrected chi connectivity index (χ3v) is 4.79. The minimum Gasteiger partial charge on any atom is -0.492 e. The molecule has 6 nitrogen and oxygen atoms in total. The summed E-state index contributed by atoms with van der Waals surface area (Å²) in [4.78, 5) is 11.0. The molecule has 0 aromatic heterocycles. The normalized spacial score (nSPS) is 22.2. The fraction of sp³-hybridized carbons (Fsp3) is 0.588. The van der Waals surface area contributed by atoms with Crippen LogP contribution in [0.2, 0.25) is 5.02 Å². The average molecular weight is 354 g/mol. The number of alkyl carbamates (subject to hydrolysis) is 1. The van der Waals surface area contributed by atoms with Crippen LogP contribution in [-0.4, -0.2) is 44.5 Å². The van der Waals surface area contributed by atoms with E-state index in [0.717, 1.165) is 43.0 Å². The molecule has 0 radical (unpaired) electrons. The molecule has 1 aliphatic heterocycles. The highest BCUT2D eigenvalue weighted by Gasteiger charge is 2.25. The molecule has 132 valence electrons. The number of benzene rings is 1. The van der Waals surface area contributed by atoms with Crippen molar-refractivity contribution < 1.29 is 14.3 Å². The Hall–Kier alpha value is -1.50. The zero-order valence-electron chi connectivity index (χ0n) is 13.6. The summed E-state index contributed by atoms with van der Waals surface area (Å²) in [5.41, 5.74) is 7.93. The van der Waals surface area contributed by atoms with Crippen LogP contribution in [-0.2, 0) is 17.6 Å². The first-order valence-corrected chi connectivity index (χ1v) is 8.85. The molecule has 2 atom stereocenters. The summed E-state index contributed by atoms with van der Waals surface area (Å²) in [7, 11) is 0. The first kappa shape index (κ1) is 17.3. The Morgan fingerprint density at radius 3 is 3.04 bits per heavy atom. The first-order valence-electron chi connectivity index (χ1n) is 8.47. The molecule has 1 amide bonds. The zero-order chi connectivity index (χ0) is 16.9. The number of fused-ring (bicyclic) bond motifs is 1. The zero-order valence-corrected chi connectivity index (χ0v) is 14.4. The van der Waals surface area contributed by atoms with Gasteiger partial charge in [-0.1, -0.05) is 11.6 Å². The summed E-state index contributed by atoms with van der Waals surface area (Å²) < 4.78 is 10.7. The van der Waals surface area contributed by atoms with Gasteiger partial charge in [0.15, 0.2) is 0 Å². The molecule has 0 spiro atoms. The number of hydrogen-bond acceptors (Lipinski definition) is 5. The lowest BCUT2D eigenvalue weighted by Crippen LogP contribution is -2.31. The fourth-order valence-electron chi connectivity index (χ4n) is 3.29. The lowest BCUT2D eigenvalue weighted by atomic mass is 10.1. The lowest BCUT2D eigenvalue weighted by Gasteiger charge is -2.13. The summed E-state index contributed by atoms with van der Waals surface area (Å²) in [6.07, 6.45) is 3.45. The number of carbonyl (C=O) groups is 1. The van der Waals surface area contributed by atoms with Gasteiger partial charge in [0.2, 0.25) is 0 Å². The quantitative estimate of drug-likeness (QED) is 0.618. The van der Waals surface area contributed by atoms with Crippen molar-refractivity contribution in [3.63, 3.8) is 0 Å². The van der Waals surface area contributed by atoms with Gasteiger partial charge >= 0.3 is 6.09 Å². The van der Waals surface area contributed by atoms with Crippen molar-refractivity contribution in [3.05, 3.63) is 28.3 Å². The van der Waals surface area contributed by atoms with Crippen LogP contribution in [0.25, 0.3) is 0 Å². The molecule has 1 aromatic rings. The second-order valence-corrected chi connectivity index (χ2v) is 6.70. The largest absolute Gasteiger partial charge is 0.492 e. The number of nitrogens with two attached hydrogens (primary N) is 1. The van der Waals surface area contributed by atoms with Crippen molar-refractivity contribution in [3.8, 4) is 5.75 Å². The maximum absolute atomic E-state index is 11.0. The van der Waals surface area contributed by atoms with Gasteiger partial charge in [0, 0.05) is 17.6 Å². The van der Waals surface area contributed by atoms with Crippen molar-refractivity contribution in [2.75, 3.05) is 26.2 Å². The second kappa shape index (κ2) is 8.05. The summed E-state index contributed by atoms with van der Waals surface area (Å²) in [5, 5.41) is 7.02. The van der Waals surface area contributed by atoms with Crippen LogP contribution in [0.4, 0.5) is 4.79 Å². The molecule has 4 N–H and O–H groups in total. The third-order valence-electron chi connectivity index (χ3n) is 4.45. The maximum Gasteiger partial charge on any atom is 0.407 e. The Morgan fingerprint density at radius 1 is 1.42 bits per heavy atom. The van der Waals surface area contributed by atoms with Crippen molar-refractivity contribution >= 4 is 17.7 Å². The second-order valence-electron chi connectivity index (χ2n) is 6.29. The van der Waals surface area contributed by atoms with Crippen molar-refractivity contribution in [2.24, 2.45) is 5.73 Å². The SMILES string of the molecule is NCCOc1cc(Cl)c2c(c1)CC(NCCCC1CNC(=O)O1)C2. The number of hydrogen-bond donors (Lipinski definition) is 3. The fourth-order valence-corrected chi connectivity index (χ4v) is 3.60. The smallest absolute Gasteiger partial charge is 0.407 e. The van der Waals surface area contributed by atoms with Crippen LogP contribution in [0.5, 0.6) is 5.75 Å². The van der Waals surface area contributed by atoms with E-state index in [1.807, 2.05) is 6.07 Å². The molecule has 1 aliphatic carbocycles. The molecule has 24 heavy (non-hydrogen) atoms. The number of carbonyl (C=O) groups excluding carboxylic acids is 1. The molecule has 2 unspecified atom stereocenters. The Balaban J connectivity index is 1.44. The average Bonchev–Trinajstić information content (AvgIpc) is 3.16. The van der Waals surface area contributed by atoms with Gasteiger partial charge in [-0.25, -0.2) is 4.79 Å². The van der Waals surface area contributed by atoms with E-state index in [4.69, 9.17) is 26.8 Å². The number of ether oxygens (including phenoxy) is 2. The highest BCUT2D eigenvalue weighted by Crippen LogP contribution is 2.33. The van der Waals surface area contributed by atoms with Gasteiger partial charge in [0.05, 0.1) is 6.54 Å². The van der Waals surface area contributed by atoms with E-state index in [9.17, 15) is 4.79 Å². The summed E-state index contributed by atoms with van der Waals surface area (Å²) >= 11 is 6.39. The number of rotatable bonds is 8. The van der Waals surface area contributed by atoms with Crippen LogP contribution in [0.1, 0.15) is 24.0 Å². The van der Waals surface area contributed by atoms with Crippen molar-refractivity contribution in [1.29, 1.82) is 0 Å². The molecule has 7 heteroatoms. The highest BCUT2D eigenvalue weighted by molar-refractivity contribution is 6.31. The van der Waals surface area contributed by atoms with E-state index in [2.05, 4.69) is 16.7 Å². The van der Waals surface area contributed by atoms with Gasteiger partial charge in [-0.05, 0) is 55.5 Å². The van der Waals surface area contributed by atoms with Gasteiger partial charge in [-0.15, -0.1) is 0 Å². The van der Waals surface area contributed by atoms with Crippen LogP contribution >= 0.6 is 11.6 Å². The minimum atomic E-state index is -0.304. The van der Waals surface area contributed by atoms with Gasteiger partial charge in [-0.2, -0.15) is 0 Å². The number of halogens is 1. The molecule has 3 rings (SSSR count). The molecular formula is C17H24ClN3O3. The van der Waals surface area contributed by atoms with Gasteiger partial charge in [0.1, 0.15) is 18.5 Å². The Bertz CT molecular complexity index is 597. The monoisotopic (exact) mass is 353 g/mol. The number of nitrogens with one attached hydrogen (secondary N) is 2. The van der Waals surface area contributed by atoms with Crippen LogP contribution in [0.15, 0.2) is 12.1 Å². The first-order chi connectivity index (χ1) is 11.7. The standard InChI is InChI=1S/C17H24ClN3O3/c18-16-9-14(23-5-3-19)7-11-6-12(8-15(11)16)20-4-1-2-13-10-21-17(22)24-13/h7,9,12-13,20H,1-6,8,10,19H2,(H,21,22). The van der Waals surface area contributed by atoms with Crippen LogP contribution in [0.3, 0.4) is 0 Å². The Labute approximate surface area is 147 Å². The number of cyclic esters (lactones) is 1.